The van der Waals surface area contributed by atoms with Gasteiger partial charge in [-0.15, -0.1) is 11.3 Å². The molecule has 2 heterocycles. The van der Waals surface area contributed by atoms with Crippen molar-refractivity contribution in [2.45, 2.75) is 6.92 Å². The topological polar surface area (TPSA) is 54.9 Å². The Labute approximate surface area is 188 Å². The van der Waals surface area contributed by atoms with E-state index in [2.05, 4.69) is 10.3 Å². The van der Waals surface area contributed by atoms with E-state index in [1.807, 2.05) is 66.9 Å². The van der Waals surface area contributed by atoms with Gasteiger partial charge < -0.3 is 0 Å². The molecule has 0 spiro atoms. The van der Waals surface area contributed by atoms with E-state index >= 15 is 0 Å². The highest BCUT2D eigenvalue weighted by molar-refractivity contribution is 7.14. The largest absolute Gasteiger partial charge is 0.298 e. The Bertz CT molecular complexity index is 1430. The van der Waals surface area contributed by atoms with Gasteiger partial charge in [0, 0.05) is 21.9 Å². The zero-order chi connectivity index (χ0) is 22.1. The molecule has 0 unspecified atom stereocenters. The number of nitrogens with one attached hydrogen (secondary N) is 1. The fourth-order valence-electron chi connectivity index (χ4n) is 3.72. The van der Waals surface area contributed by atoms with Crippen LogP contribution in [-0.4, -0.2) is 15.9 Å². The Kier molecular flexibility index (Phi) is 5.21. The molecule has 5 aromatic rings. The number of thiazole rings is 1. The van der Waals surface area contributed by atoms with Gasteiger partial charge in [0.15, 0.2) is 5.13 Å². The van der Waals surface area contributed by atoms with Gasteiger partial charge in [-0.3, -0.25) is 10.1 Å². The smallest absolute Gasteiger partial charge is 0.258 e. The minimum Gasteiger partial charge on any atom is -0.298 e. The summed E-state index contributed by atoms with van der Waals surface area (Å²) in [6, 6.07) is 23.6. The molecule has 0 bridgehead atoms. The molecule has 0 aliphatic heterocycles. The Morgan fingerprint density at radius 3 is 2.38 bits per heavy atom. The Hall–Kier alpha value is -3.90. The first-order valence-electron chi connectivity index (χ1n) is 10.1. The number of pyridine rings is 1. The van der Waals surface area contributed by atoms with Gasteiger partial charge in [-0.2, -0.15) is 0 Å². The van der Waals surface area contributed by atoms with Gasteiger partial charge in [-0.25, -0.2) is 14.4 Å². The molecule has 0 fully saturated rings. The lowest BCUT2D eigenvalue weighted by Gasteiger charge is -2.14. The molecule has 156 valence electrons. The number of anilines is 1. The van der Waals surface area contributed by atoms with E-state index in [0.717, 1.165) is 33.3 Å². The Morgan fingerprint density at radius 2 is 1.59 bits per heavy atom. The monoisotopic (exact) mass is 439 g/mol. The van der Waals surface area contributed by atoms with Crippen LogP contribution in [-0.2, 0) is 0 Å². The van der Waals surface area contributed by atoms with Crippen LogP contribution in [0.2, 0.25) is 0 Å². The predicted octanol–water partition coefficient (Wildman–Crippen LogP) is 6.73. The molecule has 3 aromatic carbocycles. The number of carbonyl (C=O) groups excluding carboxylic acids is 1. The van der Waals surface area contributed by atoms with E-state index in [4.69, 9.17) is 4.98 Å². The molecule has 6 heteroatoms. The first-order valence-corrected chi connectivity index (χ1v) is 11.0. The van der Waals surface area contributed by atoms with E-state index in [0.29, 0.717) is 16.4 Å². The van der Waals surface area contributed by atoms with Crippen LogP contribution in [0.5, 0.6) is 0 Å². The van der Waals surface area contributed by atoms with Crippen molar-refractivity contribution in [3.8, 4) is 22.5 Å². The molecular formula is C26H18FN3OS. The van der Waals surface area contributed by atoms with E-state index < -0.39 is 0 Å². The summed E-state index contributed by atoms with van der Waals surface area (Å²) in [5, 5.41) is 6.05. The lowest BCUT2D eigenvalue weighted by atomic mass is 9.97. The van der Waals surface area contributed by atoms with Crippen LogP contribution < -0.4 is 5.32 Å². The molecule has 4 nitrogen and oxygen atoms in total. The highest BCUT2D eigenvalue weighted by Crippen LogP contribution is 2.31. The van der Waals surface area contributed by atoms with E-state index in [-0.39, 0.29) is 11.7 Å². The second-order valence-electron chi connectivity index (χ2n) is 7.34. The number of nitrogens with zero attached hydrogens (tertiary/aromatic N) is 2. The molecule has 1 N–H and O–H groups in total. The second kappa shape index (κ2) is 8.32. The third-order valence-corrected chi connectivity index (χ3v) is 6.03. The normalized spacial score (nSPS) is 10.9. The van der Waals surface area contributed by atoms with Crippen molar-refractivity contribution < 1.29 is 9.18 Å². The van der Waals surface area contributed by atoms with Crippen LogP contribution in [0, 0.1) is 12.7 Å². The third-order valence-electron chi connectivity index (χ3n) is 5.27. The van der Waals surface area contributed by atoms with E-state index in [9.17, 15) is 9.18 Å². The molecule has 1 amide bonds. The molecule has 0 atom stereocenters. The summed E-state index contributed by atoms with van der Waals surface area (Å²) in [4.78, 5) is 22.7. The van der Waals surface area contributed by atoms with Crippen LogP contribution in [0.1, 0.15) is 15.9 Å². The summed E-state index contributed by atoms with van der Waals surface area (Å²) in [5.74, 6) is -0.537. The zero-order valence-corrected chi connectivity index (χ0v) is 18.0. The van der Waals surface area contributed by atoms with Crippen LogP contribution >= 0.6 is 11.3 Å². The van der Waals surface area contributed by atoms with Crippen LogP contribution in [0.4, 0.5) is 9.52 Å². The fraction of sp³-hybridized carbons (Fsp3) is 0.0385. The van der Waals surface area contributed by atoms with Gasteiger partial charge >= 0.3 is 0 Å². The van der Waals surface area contributed by atoms with Crippen LogP contribution in [0.25, 0.3) is 33.4 Å². The van der Waals surface area contributed by atoms with Crippen molar-refractivity contribution in [1.82, 2.24) is 9.97 Å². The number of hydrogen-bond donors (Lipinski definition) is 1. The SMILES string of the molecule is Cc1c(-c2ccccc2)nc2ccccc2c1C(=O)Nc1nc(-c2ccc(F)cc2)cs1. The Morgan fingerprint density at radius 1 is 0.875 bits per heavy atom. The number of carbonyl (C=O) groups is 1. The molecule has 0 radical (unpaired) electrons. The quantitative estimate of drug-likeness (QED) is 0.338. The number of halogens is 1. The second-order valence-corrected chi connectivity index (χ2v) is 8.20. The maximum atomic E-state index is 13.4. The third kappa shape index (κ3) is 3.76. The van der Waals surface area contributed by atoms with E-state index in [1.165, 1.54) is 23.5 Å². The number of aromatic nitrogens is 2. The number of amides is 1. The highest BCUT2D eigenvalue weighted by atomic mass is 32.1. The molecule has 0 saturated carbocycles. The number of para-hydroxylation sites is 1. The maximum absolute atomic E-state index is 13.4. The number of rotatable bonds is 4. The fourth-order valence-corrected chi connectivity index (χ4v) is 4.44. The van der Waals surface area contributed by atoms with Crippen LogP contribution in [0.3, 0.4) is 0 Å². The van der Waals surface area contributed by atoms with Crippen molar-refractivity contribution in [2.75, 3.05) is 5.32 Å². The van der Waals surface area contributed by atoms with Gasteiger partial charge in [-0.05, 0) is 42.8 Å². The van der Waals surface area contributed by atoms with Gasteiger partial charge in [0.2, 0.25) is 0 Å². The minimum atomic E-state index is -0.299. The lowest BCUT2D eigenvalue weighted by molar-refractivity contribution is 0.102. The highest BCUT2D eigenvalue weighted by Gasteiger charge is 2.20. The minimum absolute atomic E-state index is 0.238. The first-order chi connectivity index (χ1) is 15.6. The van der Waals surface area contributed by atoms with Gasteiger partial charge in [0.05, 0.1) is 22.5 Å². The summed E-state index contributed by atoms with van der Waals surface area (Å²) in [7, 11) is 0. The van der Waals surface area contributed by atoms with Crippen molar-refractivity contribution in [3.05, 3.63) is 101 Å². The van der Waals surface area contributed by atoms with Crippen molar-refractivity contribution in [2.24, 2.45) is 0 Å². The average Bonchev–Trinajstić information content (AvgIpc) is 3.28. The summed E-state index contributed by atoms with van der Waals surface area (Å²) >= 11 is 1.33. The first kappa shape index (κ1) is 20.0. The molecule has 2 aromatic heterocycles. The Balaban J connectivity index is 1.54. The number of benzene rings is 3. The van der Waals surface area contributed by atoms with Gasteiger partial charge in [0.25, 0.3) is 5.91 Å². The summed E-state index contributed by atoms with van der Waals surface area (Å²) in [5.41, 5.74) is 5.36. The molecule has 32 heavy (non-hydrogen) atoms. The summed E-state index contributed by atoms with van der Waals surface area (Å²) in [6.45, 7) is 1.92. The molecule has 0 saturated heterocycles. The van der Waals surface area contributed by atoms with Crippen molar-refractivity contribution >= 4 is 33.3 Å². The lowest BCUT2D eigenvalue weighted by Crippen LogP contribution is -2.15. The van der Waals surface area contributed by atoms with Crippen molar-refractivity contribution in [3.63, 3.8) is 0 Å². The average molecular weight is 440 g/mol. The predicted molar refractivity (Wildman–Crippen MR) is 127 cm³/mol. The van der Waals surface area contributed by atoms with Crippen LogP contribution in [0.15, 0.2) is 84.2 Å². The molecular weight excluding hydrogens is 421 g/mol. The number of fused-ring (bicyclic) bond motifs is 1. The molecule has 0 aliphatic rings. The van der Waals surface area contributed by atoms with E-state index in [1.54, 1.807) is 12.1 Å². The van der Waals surface area contributed by atoms with Crippen molar-refractivity contribution in [1.29, 1.82) is 0 Å². The molecule has 5 rings (SSSR count). The van der Waals surface area contributed by atoms with Gasteiger partial charge in [-0.1, -0.05) is 48.5 Å². The van der Waals surface area contributed by atoms with Gasteiger partial charge in [0.1, 0.15) is 5.82 Å². The maximum Gasteiger partial charge on any atom is 0.258 e. The molecule has 0 aliphatic carbocycles. The number of hydrogen-bond acceptors (Lipinski definition) is 4. The summed E-state index contributed by atoms with van der Waals surface area (Å²) < 4.78 is 13.2. The standard InChI is InChI=1S/C26H18FN3OS/c1-16-23(20-9-5-6-10-21(20)28-24(16)18-7-3-2-4-8-18)25(31)30-26-29-22(15-32-26)17-11-13-19(27)14-12-17/h2-15H,1H3,(H,29,30,31). The zero-order valence-electron chi connectivity index (χ0n) is 17.2. The summed E-state index contributed by atoms with van der Waals surface area (Å²) in [6.07, 6.45) is 0.